The van der Waals surface area contributed by atoms with E-state index in [1.165, 1.54) is 0 Å². The van der Waals surface area contributed by atoms with Crippen molar-refractivity contribution >= 4 is 32.6 Å². The van der Waals surface area contributed by atoms with Gasteiger partial charge in [-0.05, 0) is 31.4 Å². The van der Waals surface area contributed by atoms with Crippen LogP contribution in [0.4, 0.5) is 0 Å². The number of benzene rings is 1. The van der Waals surface area contributed by atoms with Gasteiger partial charge in [0.15, 0.2) is 15.4 Å². The zero-order chi connectivity index (χ0) is 23.8. The molecule has 2 atom stereocenters. The molecule has 3 rings (SSSR count). The largest absolute Gasteiger partial charge is 0.434 e. The molecular formula is C23H32N2O7S. The molecule has 1 amide bonds. The Bertz CT molecular complexity index is 1010. The van der Waals surface area contributed by atoms with Gasteiger partial charge in [0.1, 0.15) is 5.52 Å². The number of oxazole rings is 1. The molecule has 0 bridgehead atoms. The van der Waals surface area contributed by atoms with Crippen LogP contribution in [0.2, 0.25) is 0 Å². The number of para-hydroxylation sites is 2. The summed E-state index contributed by atoms with van der Waals surface area (Å²) in [4.78, 5) is 30.4. The van der Waals surface area contributed by atoms with Crippen LogP contribution in [0.5, 0.6) is 0 Å². The van der Waals surface area contributed by atoms with E-state index in [9.17, 15) is 18.0 Å². The Labute approximate surface area is 194 Å². The number of hydrogen-bond acceptors (Lipinski definition) is 8. The number of carbonyl (C=O) groups excluding carboxylic acids is 2. The van der Waals surface area contributed by atoms with E-state index >= 15 is 0 Å². The minimum atomic E-state index is -3.44. The van der Waals surface area contributed by atoms with Gasteiger partial charge in [-0.2, -0.15) is 0 Å². The summed E-state index contributed by atoms with van der Waals surface area (Å²) in [7, 11) is -3.44. The first-order valence-corrected chi connectivity index (χ1v) is 13.2. The molecule has 182 valence electrons. The molecule has 0 spiro atoms. The van der Waals surface area contributed by atoms with Crippen LogP contribution in [0.15, 0.2) is 28.7 Å². The number of ketones is 1. The molecule has 1 saturated heterocycles. The average molecular weight is 481 g/mol. The van der Waals surface area contributed by atoms with Crippen LogP contribution in [0.25, 0.3) is 11.1 Å². The van der Waals surface area contributed by atoms with Crippen molar-refractivity contribution in [3.05, 3.63) is 30.2 Å². The molecule has 33 heavy (non-hydrogen) atoms. The number of amides is 1. The molecule has 9 nitrogen and oxygen atoms in total. The van der Waals surface area contributed by atoms with Crippen molar-refractivity contribution in [2.24, 2.45) is 5.92 Å². The molecule has 1 aromatic heterocycles. The highest BCUT2D eigenvalue weighted by molar-refractivity contribution is 7.91. The molecule has 1 aliphatic rings. The van der Waals surface area contributed by atoms with Gasteiger partial charge in [-0.15, -0.1) is 0 Å². The van der Waals surface area contributed by atoms with E-state index in [1.807, 2.05) is 6.92 Å². The first-order valence-electron chi connectivity index (χ1n) is 11.4. The Hall–Kier alpha value is -2.30. The van der Waals surface area contributed by atoms with Gasteiger partial charge in [-0.3, -0.25) is 9.59 Å². The molecule has 0 saturated carbocycles. The molecule has 1 aliphatic heterocycles. The lowest BCUT2D eigenvalue weighted by molar-refractivity contribution is -0.128. The fraction of sp³-hybridized carbons (Fsp3) is 0.609. The highest BCUT2D eigenvalue weighted by Crippen LogP contribution is 2.18. The van der Waals surface area contributed by atoms with E-state index in [2.05, 4.69) is 10.3 Å². The highest BCUT2D eigenvalue weighted by atomic mass is 32.2. The molecule has 0 radical (unpaired) electrons. The van der Waals surface area contributed by atoms with Crippen LogP contribution in [0.3, 0.4) is 0 Å². The normalized spacial score (nSPS) is 17.0. The summed E-state index contributed by atoms with van der Waals surface area (Å²) >= 11 is 0. The van der Waals surface area contributed by atoms with Crippen LogP contribution in [-0.2, 0) is 24.1 Å². The minimum absolute atomic E-state index is 0.0361. The maximum atomic E-state index is 13.1. The van der Waals surface area contributed by atoms with E-state index in [1.54, 1.807) is 31.2 Å². The quantitative estimate of drug-likeness (QED) is 0.460. The van der Waals surface area contributed by atoms with Gasteiger partial charge in [0, 0.05) is 19.0 Å². The predicted molar refractivity (Wildman–Crippen MR) is 123 cm³/mol. The van der Waals surface area contributed by atoms with Crippen molar-refractivity contribution in [2.75, 3.05) is 31.3 Å². The Balaban J connectivity index is 1.73. The fourth-order valence-electron chi connectivity index (χ4n) is 3.69. The van der Waals surface area contributed by atoms with Crippen LogP contribution in [0, 0.1) is 5.92 Å². The molecule has 2 aromatic rings. The lowest BCUT2D eigenvalue weighted by atomic mass is 10.0. The lowest BCUT2D eigenvalue weighted by Crippen LogP contribution is -2.46. The molecular weight excluding hydrogens is 448 g/mol. The summed E-state index contributed by atoms with van der Waals surface area (Å²) in [6, 6.07) is 6.16. The third-order valence-electron chi connectivity index (χ3n) is 5.68. The summed E-state index contributed by atoms with van der Waals surface area (Å²) < 4.78 is 41.3. The standard InChI is InChI=1S/C23H32N2O7S/c1-3-7-19(21(26)23-25-18-8-5-6-9-20(18)32-23)24-22(27)16(15-33(28,29)4-2)14-31-17-10-12-30-13-11-17/h5-6,8-9,16-17,19H,3-4,7,10-15H2,1-2H3,(H,24,27). The Morgan fingerprint density at radius 2 is 1.94 bits per heavy atom. The summed E-state index contributed by atoms with van der Waals surface area (Å²) in [6.45, 7) is 4.55. The van der Waals surface area contributed by atoms with Crippen molar-refractivity contribution in [3.8, 4) is 0 Å². The summed E-state index contributed by atoms with van der Waals surface area (Å²) in [5.41, 5.74) is 1.04. The van der Waals surface area contributed by atoms with E-state index < -0.39 is 33.5 Å². The summed E-state index contributed by atoms with van der Waals surface area (Å²) in [5, 5.41) is 2.74. The monoisotopic (exact) mass is 480 g/mol. The third kappa shape index (κ3) is 7.09. The summed E-state index contributed by atoms with van der Waals surface area (Å²) in [6.07, 6.45) is 2.32. The second-order valence-corrected chi connectivity index (χ2v) is 10.6. The van der Waals surface area contributed by atoms with Crippen molar-refractivity contribution in [1.82, 2.24) is 10.3 Å². The molecule has 1 fully saturated rings. The fourth-order valence-corrected chi connectivity index (χ4v) is 4.79. The van der Waals surface area contributed by atoms with Gasteiger partial charge in [0.25, 0.3) is 5.89 Å². The van der Waals surface area contributed by atoms with Gasteiger partial charge in [0.05, 0.1) is 30.4 Å². The third-order valence-corrected chi connectivity index (χ3v) is 7.47. The molecule has 1 aromatic carbocycles. The molecule has 1 N–H and O–H groups in total. The minimum Gasteiger partial charge on any atom is -0.434 e. The Morgan fingerprint density at radius 1 is 1.21 bits per heavy atom. The number of Topliss-reactive ketones (excluding diaryl/α,β-unsaturated/α-hetero) is 1. The maximum absolute atomic E-state index is 13.1. The number of fused-ring (bicyclic) bond motifs is 1. The van der Waals surface area contributed by atoms with E-state index in [-0.39, 0.29) is 30.1 Å². The van der Waals surface area contributed by atoms with E-state index in [4.69, 9.17) is 13.9 Å². The number of rotatable bonds is 12. The number of aromatic nitrogens is 1. The molecule has 10 heteroatoms. The number of sulfone groups is 1. The zero-order valence-corrected chi connectivity index (χ0v) is 19.9. The van der Waals surface area contributed by atoms with Gasteiger partial charge < -0.3 is 19.2 Å². The van der Waals surface area contributed by atoms with Crippen molar-refractivity contribution in [1.29, 1.82) is 0 Å². The number of hydrogen-bond donors (Lipinski definition) is 1. The highest BCUT2D eigenvalue weighted by Gasteiger charge is 2.31. The number of ether oxygens (including phenoxy) is 2. The van der Waals surface area contributed by atoms with Gasteiger partial charge >= 0.3 is 0 Å². The number of nitrogens with one attached hydrogen (secondary N) is 1. The first-order chi connectivity index (χ1) is 15.8. The molecule has 2 heterocycles. The van der Waals surface area contributed by atoms with Crippen LogP contribution in [0.1, 0.15) is 50.2 Å². The van der Waals surface area contributed by atoms with E-state index in [0.717, 1.165) is 0 Å². The van der Waals surface area contributed by atoms with Crippen molar-refractivity contribution in [3.63, 3.8) is 0 Å². The number of nitrogens with zero attached hydrogens (tertiary/aromatic N) is 1. The first kappa shape index (κ1) is 25.3. The van der Waals surface area contributed by atoms with Crippen LogP contribution >= 0.6 is 0 Å². The average Bonchev–Trinajstić information content (AvgIpc) is 3.26. The zero-order valence-electron chi connectivity index (χ0n) is 19.1. The maximum Gasteiger partial charge on any atom is 0.266 e. The molecule has 2 unspecified atom stereocenters. The SMILES string of the molecule is CCCC(NC(=O)C(COC1CCOCC1)CS(=O)(=O)CC)C(=O)c1nc2ccccc2o1. The van der Waals surface area contributed by atoms with Gasteiger partial charge in [-0.1, -0.05) is 32.4 Å². The summed E-state index contributed by atoms with van der Waals surface area (Å²) in [5.74, 6) is -2.38. The van der Waals surface area contributed by atoms with E-state index in [0.29, 0.717) is 50.0 Å². The van der Waals surface area contributed by atoms with Crippen molar-refractivity contribution < 1.29 is 31.9 Å². The van der Waals surface area contributed by atoms with Gasteiger partial charge in [0.2, 0.25) is 11.7 Å². The smallest absolute Gasteiger partial charge is 0.266 e. The van der Waals surface area contributed by atoms with Crippen molar-refractivity contribution in [2.45, 2.75) is 51.7 Å². The number of carbonyl (C=O) groups is 2. The second kappa shape index (κ2) is 11.7. The van der Waals surface area contributed by atoms with Crippen LogP contribution in [-0.4, -0.2) is 68.6 Å². The predicted octanol–water partition coefficient (Wildman–Crippen LogP) is 2.54. The Kier molecular flexibility index (Phi) is 8.99. The van der Waals surface area contributed by atoms with Crippen LogP contribution < -0.4 is 5.32 Å². The van der Waals surface area contributed by atoms with Gasteiger partial charge in [-0.25, -0.2) is 13.4 Å². The lowest BCUT2D eigenvalue weighted by Gasteiger charge is -2.26. The molecule has 0 aliphatic carbocycles. The topological polar surface area (TPSA) is 125 Å². The second-order valence-electron chi connectivity index (χ2n) is 8.24. The Morgan fingerprint density at radius 3 is 2.61 bits per heavy atom.